The molecule has 4 unspecified atom stereocenters. The van der Waals surface area contributed by atoms with Gasteiger partial charge in [0.1, 0.15) is 0 Å². The van der Waals surface area contributed by atoms with Gasteiger partial charge in [-0.05, 0) is 48.9 Å². The van der Waals surface area contributed by atoms with E-state index in [9.17, 15) is 15.0 Å². The molecule has 1 aromatic carbocycles. The molecule has 1 fully saturated rings. The van der Waals surface area contributed by atoms with Crippen molar-refractivity contribution >= 4 is 37.8 Å². The number of aliphatic hydroxyl groups excluding tert-OH is 1. The van der Waals surface area contributed by atoms with E-state index in [0.717, 1.165) is 26.5 Å². The number of benzene rings is 1. The normalized spacial score (nSPS) is 27.6. The predicted octanol–water partition coefficient (Wildman–Crippen LogP) is 4.30. The Bertz CT molecular complexity index is 530. The van der Waals surface area contributed by atoms with Gasteiger partial charge in [-0.1, -0.05) is 38.8 Å². The number of carboxylic acid groups (broad SMARTS) is 1. The van der Waals surface area contributed by atoms with Crippen molar-refractivity contribution in [2.45, 2.75) is 32.8 Å². The summed E-state index contributed by atoms with van der Waals surface area (Å²) in [7, 11) is 0. The Morgan fingerprint density at radius 2 is 1.95 bits per heavy atom. The first kappa shape index (κ1) is 16.0. The van der Waals surface area contributed by atoms with Crippen molar-refractivity contribution in [3.63, 3.8) is 0 Å². The summed E-state index contributed by atoms with van der Waals surface area (Å²) in [6.07, 6.45) is 0.630. The van der Waals surface area contributed by atoms with Crippen molar-refractivity contribution in [2.24, 2.45) is 17.8 Å². The average molecular weight is 406 g/mol. The van der Waals surface area contributed by atoms with E-state index in [1.54, 1.807) is 0 Å². The van der Waals surface area contributed by atoms with Crippen LogP contribution >= 0.6 is 31.9 Å². The highest BCUT2D eigenvalue weighted by Crippen LogP contribution is 2.45. The van der Waals surface area contributed by atoms with E-state index in [-0.39, 0.29) is 5.92 Å². The summed E-state index contributed by atoms with van der Waals surface area (Å²) in [6, 6.07) is 3.82. The number of carbonyl (C=O) groups is 1. The second-order valence-corrected chi connectivity index (χ2v) is 7.46. The lowest BCUT2D eigenvalue weighted by molar-refractivity contribution is -0.144. The summed E-state index contributed by atoms with van der Waals surface area (Å²) < 4.78 is 1.75. The first-order chi connectivity index (χ1) is 9.31. The third-order valence-corrected chi connectivity index (χ3v) is 5.71. The topological polar surface area (TPSA) is 57.5 Å². The molecule has 4 atom stereocenters. The molecule has 2 N–H and O–H groups in total. The fourth-order valence-electron chi connectivity index (χ4n) is 3.09. The minimum atomic E-state index is -0.805. The molecule has 1 aliphatic carbocycles. The second-order valence-electron chi connectivity index (χ2n) is 5.75. The van der Waals surface area contributed by atoms with Gasteiger partial charge in [-0.2, -0.15) is 0 Å². The highest BCUT2D eigenvalue weighted by Gasteiger charge is 2.41. The Kier molecular flexibility index (Phi) is 4.92. The lowest BCUT2D eigenvalue weighted by Crippen LogP contribution is -2.24. The van der Waals surface area contributed by atoms with Gasteiger partial charge in [0.15, 0.2) is 0 Å². The standard InChI is InChI=1S/C15H18Br2O3/c1-7-3-9(10(4-7)15(19)20)14(18)11-6-12(16)8(2)5-13(11)17/h5-7,9-10,14,18H,3-4H2,1-2H3,(H,19,20). The van der Waals surface area contributed by atoms with Crippen LogP contribution in [-0.4, -0.2) is 16.2 Å². The van der Waals surface area contributed by atoms with Gasteiger partial charge in [0.25, 0.3) is 0 Å². The first-order valence-electron chi connectivity index (χ1n) is 6.67. The van der Waals surface area contributed by atoms with Crippen molar-refractivity contribution in [3.8, 4) is 0 Å². The van der Waals surface area contributed by atoms with Gasteiger partial charge in [-0.15, -0.1) is 0 Å². The molecule has 0 heterocycles. The Morgan fingerprint density at radius 3 is 2.55 bits per heavy atom. The molecule has 0 bridgehead atoms. The van der Waals surface area contributed by atoms with Crippen LogP contribution in [0, 0.1) is 24.7 Å². The summed E-state index contributed by atoms with van der Waals surface area (Å²) in [5.41, 5.74) is 1.83. The van der Waals surface area contributed by atoms with Crippen LogP contribution in [0.1, 0.15) is 37.0 Å². The monoisotopic (exact) mass is 404 g/mol. The third kappa shape index (κ3) is 3.10. The van der Waals surface area contributed by atoms with Crippen LogP contribution in [0.2, 0.25) is 0 Å². The highest BCUT2D eigenvalue weighted by molar-refractivity contribution is 9.11. The van der Waals surface area contributed by atoms with E-state index >= 15 is 0 Å². The van der Waals surface area contributed by atoms with Gasteiger partial charge < -0.3 is 10.2 Å². The molecular weight excluding hydrogens is 388 g/mol. The summed E-state index contributed by atoms with van der Waals surface area (Å²) in [4.78, 5) is 11.4. The Hall–Kier alpha value is -0.390. The molecule has 1 aliphatic rings. The number of aliphatic carboxylic acids is 1. The molecule has 20 heavy (non-hydrogen) atoms. The van der Waals surface area contributed by atoms with Crippen LogP contribution in [0.5, 0.6) is 0 Å². The van der Waals surface area contributed by atoms with Crippen LogP contribution < -0.4 is 0 Å². The summed E-state index contributed by atoms with van der Waals surface area (Å²) in [5.74, 6) is -1.16. The predicted molar refractivity (Wildman–Crippen MR) is 84.6 cm³/mol. The molecule has 1 saturated carbocycles. The molecular formula is C15H18Br2O3. The Morgan fingerprint density at radius 1 is 1.30 bits per heavy atom. The molecule has 0 saturated heterocycles. The number of hydrogen-bond acceptors (Lipinski definition) is 2. The van der Waals surface area contributed by atoms with Gasteiger partial charge in [-0.25, -0.2) is 0 Å². The Balaban J connectivity index is 2.33. The molecule has 3 nitrogen and oxygen atoms in total. The van der Waals surface area contributed by atoms with Crippen molar-refractivity contribution in [3.05, 3.63) is 32.2 Å². The molecule has 0 aliphatic heterocycles. The van der Waals surface area contributed by atoms with Crippen molar-refractivity contribution in [1.29, 1.82) is 0 Å². The fraction of sp³-hybridized carbons (Fsp3) is 0.533. The van der Waals surface area contributed by atoms with Gasteiger partial charge in [-0.3, -0.25) is 4.79 Å². The van der Waals surface area contributed by atoms with Crippen LogP contribution in [-0.2, 0) is 4.79 Å². The summed E-state index contributed by atoms with van der Waals surface area (Å²) >= 11 is 6.94. The molecule has 0 amide bonds. The Labute approximate surface area is 135 Å². The van der Waals surface area contributed by atoms with Gasteiger partial charge in [0.2, 0.25) is 0 Å². The van der Waals surface area contributed by atoms with E-state index < -0.39 is 18.0 Å². The van der Waals surface area contributed by atoms with Crippen LogP contribution in [0.4, 0.5) is 0 Å². The quantitative estimate of drug-likeness (QED) is 0.787. The first-order valence-corrected chi connectivity index (χ1v) is 8.26. The van der Waals surface area contributed by atoms with E-state index in [4.69, 9.17) is 0 Å². The zero-order chi connectivity index (χ0) is 15.0. The maximum absolute atomic E-state index is 11.4. The van der Waals surface area contributed by atoms with Crippen molar-refractivity contribution in [1.82, 2.24) is 0 Å². The van der Waals surface area contributed by atoms with Crippen LogP contribution in [0.3, 0.4) is 0 Å². The van der Waals surface area contributed by atoms with Gasteiger partial charge in [0, 0.05) is 14.9 Å². The SMILES string of the molecule is Cc1cc(Br)c(C(O)C2CC(C)CC2C(=O)O)cc1Br. The number of hydrogen-bond donors (Lipinski definition) is 2. The minimum Gasteiger partial charge on any atom is -0.481 e. The largest absolute Gasteiger partial charge is 0.481 e. The van der Waals surface area contributed by atoms with Gasteiger partial charge in [0.05, 0.1) is 12.0 Å². The van der Waals surface area contributed by atoms with E-state index in [1.807, 2.05) is 26.0 Å². The van der Waals surface area contributed by atoms with Gasteiger partial charge >= 0.3 is 5.97 Å². The highest BCUT2D eigenvalue weighted by atomic mass is 79.9. The fourth-order valence-corrected chi connectivity index (χ4v) is 4.14. The molecule has 1 aromatic rings. The van der Waals surface area contributed by atoms with E-state index in [2.05, 4.69) is 31.9 Å². The van der Waals surface area contributed by atoms with Crippen LogP contribution in [0.15, 0.2) is 21.1 Å². The molecule has 2 rings (SSSR count). The molecule has 0 spiro atoms. The van der Waals surface area contributed by atoms with Crippen LogP contribution in [0.25, 0.3) is 0 Å². The number of aliphatic hydroxyl groups is 1. The molecule has 110 valence electrons. The number of halogens is 2. The molecule has 0 radical (unpaired) electrons. The third-order valence-electron chi connectivity index (χ3n) is 4.17. The second kappa shape index (κ2) is 6.16. The maximum Gasteiger partial charge on any atom is 0.306 e. The zero-order valence-corrected chi connectivity index (χ0v) is 14.6. The average Bonchev–Trinajstić information content (AvgIpc) is 2.75. The number of carboxylic acids is 1. The lowest BCUT2D eigenvalue weighted by Gasteiger charge is -2.24. The van der Waals surface area contributed by atoms with E-state index in [0.29, 0.717) is 12.3 Å². The summed E-state index contributed by atoms with van der Waals surface area (Å²) in [5, 5.41) is 20.0. The molecule has 5 heteroatoms. The van der Waals surface area contributed by atoms with Crippen molar-refractivity contribution in [2.75, 3.05) is 0 Å². The van der Waals surface area contributed by atoms with E-state index in [1.165, 1.54) is 0 Å². The number of aryl methyl sites for hydroxylation is 1. The minimum absolute atomic E-state index is 0.228. The lowest BCUT2D eigenvalue weighted by atomic mass is 9.87. The maximum atomic E-state index is 11.4. The van der Waals surface area contributed by atoms with Crippen molar-refractivity contribution < 1.29 is 15.0 Å². The smallest absolute Gasteiger partial charge is 0.306 e. The zero-order valence-electron chi connectivity index (χ0n) is 11.4. The molecule has 0 aromatic heterocycles. The number of rotatable bonds is 3. The summed E-state index contributed by atoms with van der Waals surface area (Å²) in [6.45, 7) is 4.02.